The van der Waals surface area contributed by atoms with E-state index in [1.165, 1.54) is 0 Å². The van der Waals surface area contributed by atoms with Crippen LogP contribution in [0.1, 0.15) is 32.6 Å². The van der Waals surface area contributed by atoms with Gasteiger partial charge in [0.2, 0.25) is 0 Å². The minimum absolute atomic E-state index is 0.129. The summed E-state index contributed by atoms with van der Waals surface area (Å²) in [6, 6.07) is 1.65. The first kappa shape index (κ1) is 11.7. The van der Waals surface area contributed by atoms with Crippen molar-refractivity contribution in [2.24, 2.45) is 0 Å². The Balaban J connectivity index is 3.39. The lowest BCUT2D eigenvalue weighted by Gasteiger charge is -2.01. The minimum Gasteiger partial charge on any atom is -0.462 e. The van der Waals surface area contributed by atoms with E-state index in [0.717, 1.165) is 25.7 Å². The molecule has 0 N–H and O–H groups in total. The molecule has 0 heterocycles. The molecule has 0 aliphatic carbocycles. The fourth-order valence-electron chi connectivity index (χ4n) is 0.826. The molecule has 72 valence electrons. The van der Waals surface area contributed by atoms with Crippen molar-refractivity contribution in [2.75, 3.05) is 6.61 Å². The van der Waals surface area contributed by atoms with Gasteiger partial charge in [0.1, 0.15) is 11.6 Å². The van der Waals surface area contributed by atoms with Crippen LogP contribution in [0.5, 0.6) is 0 Å². The SMILES string of the molecule is CCCCCCOC(=O)C(=[14CH2])C#N. The molecule has 0 atom stereocenters. The highest BCUT2D eigenvalue weighted by molar-refractivity contribution is 5.91. The van der Waals surface area contributed by atoms with Crippen LogP contribution in [0.2, 0.25) is 0 Å². The maximum Gasteiger partial charge on any atom is 0.348 e. The summed E-state index contributed by atoms with van der Waals surface area (Å²) in [5.74, 6) is -0.598. The van der Waals surface area contributed by atoms with Crippen molar-refractivity contribution in [1.82, 2.24) is 0 Å². The molecular weight excluding hydrogens is 168 g/mol. The molecule has 0 saturated carbocycles. The molecule has 13 heavy (non-hydrogen) atoms. The number of carbonyl (C=O) groups is 1. The van der Waals surface area contributed by atoms with Gasteiger partial charge in [-0.3, -0.25) is 0 Å². The predicted molar refractivity (Wildman–Crippen MR) is 49.9 cm³/mol. The van der Waals surface area contributed by atoms with Crippen LogP contribution in [0.25, 0.3) is 0 Å². The molecule has 0 radical (unpaired) electrons. The van der Waals surface area contributed by atoms with E-state index in [0.29, 0.717) is 6.61 Å². The Kier molecular flexibility index (Phi) is 6.62. The average molecular weight is 183 g/mol. The normalized spacial score (nSPS) is 8.92. The number of carbonyl (C=O) groups excluding carboxylic acids is 1. The molecule has 3 heteroatoms. The molecule has 0 aromatic carbocycles. The Morgan fingerprint density at radius 1 is 1.46 bits per heavy atom. The largest absolute Gasteiger partial charge is 0.462 e. The van der Waals surface area contributed by atoms with E-state index in [9.17, 15) is 4.79 Å². The second-order valence-electron chi connectivity index (χ2n) is 2.79. The van der Waals surface area contributed by atoms with Crippen LogP contribution in [0, 0.1) is 11.3 Å². The molecule has 0 aliphatic rings. The molecule has 0 fully saturated rings. The summed E-state index contributed by atoms with van der Waals surface area (Å²) >= 11 is 0. The standard InChI is InChI=1S/C10H15NO2/c1-3-4-5-6-7-13-10(12)9(2)8-11/h2-7H2,1H3/i2+2. The molecule has 0 rings (SSSR count). The molecule has 0 amide bonds. The van der Waals surface area contributed by atoms with Crippen LogP contribution in [0.4, 0.5) is 0 Å². The summed E-state index contributed by atoms with van der Waals surface area (Å²) in [4.78, 5) is 10.9. The lowest BCUT2D eigenvalue weighted by molar-refractivity contribution is -0.138. The maximum atomic E-state index is 10.9. The third-order valence-electron chi connectivity index (χ3n) is 1.61. The smallest absolute Gasteiger partial charge is 0.348 e. The Hall–Kier alpha value is -1.30. The topological polar surface area (TPSA) is 50.1 Å². The van der Waals surface area contributed by atoms with Crippen molar-refractivity contribution in [3.8, 4) is 6.07 Å². The number of esters is 1. The van der Waals surface area contributed by atoms with Gasteiger partial charge in [-0.15, -0.1) is 0 Å². The van der Waals surface area contributed by atoms with Crippen LogP contribution in [0.15, 0.2) is 12.2 Å². The zero-order chi connectivity index (χ0) is 10.1. The minimum atomic E-state index is -0.598. The first-order chi connectivity index (χ1) is 6.22. The van der Waals surface area contributed by atoms with E-state index in [1.807, 2.05) is 0 Å². The average Bonchev–Trinajstić information content (AvgIpc) is 2.16. The van der Waals surface area contributed by atoms with Gasteiger partial charge >= 0.3 is 5.97 Å². The van der Waals surface area contributed by atoms with Gasteiger partial charge in [-0.2, -0.15) is 5.26 Å². The van der Waals surface area contributed by atoms with Gasteiger partial charge in [0.25, 0.3) is 0 Å². The zero-order valence-electron chi connectivity index (χ0n) is 8.01. The number of rotatable bonds is 6. The van der Waals surface area contributed by atoms with Crippen molar-refractivity contribution in [3.05, 3.63) is 12.2 Å². The summed E-state index contributed by atoms with van der Waals surface area (Å²) in [6.45, 7) is 5.76. The highest BCUT2D eigenvalue weighted by atomic mass is 16.5. The third-order valence-corrected chi connectivity index (χ3v) is 1.61. The van der Waals surface area contributed by atoms with E-state index < -0.39 is 5.97 Å². The summed E-state index contributed by atoms with van der Waals surface area (Å²) in [5, 5.41) is 8.30. The Labute approximate surface area is 79.0 Å². The monoisotopic (exact) mass is 183 g/mol. The Morgan fingerprint density at radius 3 is 2.69 bits per heavy atom. The van der Waals surface area contributed by atoms with Gasteiger partial charge < -0.3 is 4.74 Å². The zero-order valence-corrected chi connectivity index (χ0v) is 8.01. The first-order valence-electron chi connectivity index (χ1n) is 4.48. The van der Waals surface area contributed by atoms with Crippen LogP contribution in [0.3, 0.4) is 0 Å². The van der Waals surface area contributed by atoms with Crippen molar-refractivity contribution in [2.45, 2.75) is 32.6 Å². The highest BCUT2D eigenvalue weighted by Gasteiger charge is 2.05. The van der Waals surface area contributed by atoms with Gasteiger partial charge in [-0.05, 0) is 6.42 Å². The number of hydrogen-bond donors (Lipinski definition) is 0. The van der Waals surface area contributed by atoms with Gasteiger partial charge in [0.15, 0.2) is 0 Å². The molecule has 0 aliphatic heterocycles. The second-order valence-corrected chi connectivity index (χ2v) is 2.79. The number of hydrogen-bond acceptors (Lipinski definition) is 3. The molecular formula is C10H15NO2. The molecule has 0 aromatic rings. The number of ether oxygens (including phenoxy) is 1. The van der Waals surface area contributed by atoms with Gasteiger partial charge in [0.05, 0.1) is 6.61 Å². The highest BCUT2D eigenvalue weighted by Crippen LogP contribution is 2.00. The predicted octanol–water partition coefficient (Wildman–Crippen LogP) is 2.19. The van der Waals surface area contributed by atoms with Crippen LogP contribution < -0.4 is 0 Å². The molecule has 0 spiro atoms. The van der Waals surface area contributed by atoms with E-state index in [1.54, 1.807) is 6.07 Å². The molecule has 0 saturated heterocycles. The van der Waals surface area contributed by atoms with Crippen molar-refractivity contribution in [3.63, 3.8) is 0 Å². The van der Waals surface area contributed by atoms with Crippen molar-refractivity contribution < 1.29 is 9.53 Å². The molecule has 0 aromatic heterocycles. The van der Waals surface area contributed by atoms with Crippen LogP contribution >= 0.6 is 0 Å². The third kappa shape index (κ3) is 5.92. The van der Waals surface area contributed by atoms with Crippen molar-refractivity contribution >= 4 is 5.97 Å². The van der Waals surface area contributed by atoms with E-state index in [-0.39, 0.29) is 5.57 Å². The van der Waals surface area contributed by atoms with Crippen LogP contribution in [-0.4, -0.2) is 12.6 Å². The fourth-order valence-corrected chi connectivity index (χ4v) is 0.826. The fraction of sp³-hybridized carbons (Fsp3) is 0.600. The summed E-state index contributed by atoms with van der Waals surface area (Å²) in [6.07, 6.45) is 4.22. The lowest BCUT2D eigenvalue weighted by Crippen LogP contribution is -2.06. The van der Waals surface area contributed by atoms with Crippen molar-refractivity contribution in [1.29, 1.82) is 5.26 Å². The first-order valence-corrected chi connectivity index (χ1v) is 4.48. The van der Waals surface area contributed by atoms with Gasteiger partial charge in [0, 0.05) is 0 Å². The molecule has 0 unspecified atom stereocenters. The van der Waals surface area contributed by atoms with E-state index in [4.69, 9.17) is 10.00 Å². The van der Waals surface area contributed by atoms with Gasteiger partial charge in [-0.25, -0.2) is 4.79 Å². The Bertz CT molecular complexity index is 215. The second kappa shape index (κ2) is 7.35. The molecule has 0 bridgehead atoms. The number of nitrogens with zero attached hydrogens (tertiary/aromatic N) is 1. The van der Waals surface area contributed by atoms with Gasteiger partial charge in [-0.1, -0.05) is 32.8 Å². The molecule has 3 nitrogen and oxygen atoms in total. The summed E-state index contributed by atoms with van der Waals surface area (Å²) in [7, 11) is 0. The number of unbranched alkanes of at least 4 members (excludes halogenated alkanes) is 3. The van der Waals surface area contributed by atoms with E-state index in [2.05, 4.69) is 13.5 Å². The quantitative estimate of drug-likeness (QED) is 0.274. The summed E-state index contributed by atoms with van der Waals surface area (Å²) in [5.41, 5.74) is -0.129. The van der Waals surface area contributed by atoms with E-state index >= 15 is 0 Å². The lowest BCUT2D eigenvalue weighted by atomic mass is 10.2. The van der Waals surface area contributed by atoms with Crippen LogP contribution in [-0.2, 0) is 9.53 Å². The number of nitriles is 1. The maximum absolute atomic E-state index is 10.9. The Morgan fingerprint density at radius 2 is 2.15 bits per heavy atom. The summed E-state index contributed by atoms with van der Waals surface area (Å²) < 4.78 is 4.78.